The van der Waals surface area contributed by atoms with Crippen LogP contribution in [0.3, 0.4) is 0 Å². The average molecular weight is 208 g/mol. The van der Waals surface area contributed by atoms with E-state index in [2.05, 4.69) is 10.6 Å². The van der Waals surface area contributed by atoms with E-state index < -0.39 is 12.5 Å². The first-order chi connectivity index (χ1) is 6.70. The molecule has 14 heavy (non-hydrogen) atoms. The van der Waals surface area contributed by atoms with Crippen LogP contribution in [0.15, 0.2) is 0 Å². The van der Waals surface area contributed by atoms with Gasteiger partial charge in [0.15, 0.2) is 0 Å². The Bertz CT molecular complexity index is 152. The molecule has 1 heterocycles. The molecule has 0 bridgehead atoms. The fourth-order valence-corrected chi connectivity index (χ4v) is 1.61. The van der Waals surface area contributed by atoms with Gasteiger partial charge >= 0.3 is 0 Å². The Hall–Kier alpha value is -0.260. The van der Waals surface area contributed by atoms with Gasteiger partial charge in [-0.25, -0.2) is 8.78 Å². The third-order valence-electron chi connectivity index (χ3n) is 2.54. The maximum atomic E-state index is 11.9. The first-order valence-electron chi connectivity index (χ1n) is 5.08. The molecule has 0 saturated carbocycles. The van der Waals surface area contributed by atoms with Crippen molar-refractivity contribution in [2.24, 2.45) is 5.92 Å². The van der Waals surface area contributed by atoms with Crippen molar-refractivity contribution in [1.82, 2.24) is 10.6 Å². The molecule has 1 aliphatic rings. The number of halogens is 2. The summed E-state index contributed by atoms with van der Waals surface area (Å²) in [4.78, 5) is 0. The van der Waals surface area contributed by atoms with E-state index in [-0.39, 0.29) is 6.54 Å². The molecule has 3 N–H and O–H groups in total. The normalized spacial score (nSPS) is 21.4. The van der Waals surface area contributed by atoms with Crippen molar-refractivity contribution in [1.29, 1.82) is 0 Å². The summed E-state index contributed by atoms with van der Waals surface area (Å²) in [7, 11) is 0. The summed E-state index contributed by atoms with van der Waals surface area (Å²) >= 11 is 0. The minimum atomic E-state index is -2.64. The van der Waals surface area contributed by atoms with Gasteiger partial charge in [-0.05, 0) is 38.4 Å². The van der Waals surface area contributed by atoms with Crippen molar-refractivity contribution < 1.29 is 13.9 Å². The lowest BCUT2D eigenvalue weighted by atomic mass is 9.98. The van der Waals surface area contributed by atoms with E-state index in [0.29, 0.717) is 5.92 Å². The van der Waals surface area contributed by atoms with Gasteiger partial charge in [-0.2, -0.15) is 0 Å². The Balaban J connectivity index is 2.02. The number of hydrogen-bond donors (Lipinski definition) is 3. The minimum Gasteiger partial charge on any atom is -0.386 e. The van der Waals surface area contributed by atoms with E-state index in [0.717, 1.165) is 32.5 Å². The highest BCUT2D eigenvalue weighted by Crippen LogP contribution is 2.09. The van der Waals surface area contributed by atoms with Gasteiger partial charge in [0.05, 0.1) is 0 Å². The maximum absolute atomic E-state index is 11.9. The van der Waals surface area contributed by atoms with Crippen LogP contribution in [0, 0.1) is 5.92 Å². The van der Waals surface area contributed by atoms with Gasteiger partial charge in [-0.3, -0.25) is 0 Å². The first kappa shape index (κ1) is 11.8. The fraction of sp³-hybridized carbons (Fsp3) is 1.00. The van der Waals surface area contributed by atoms with Crippen LogP contribution in [0.1, 0.15) is 12.8 Å². The topological polar surface area (TPSA) is 44.3 Å². The van der Waals surface area contributed by atoms with Gasteiger partial charge in [-0.15, -0.1) is 0 Å². The Labute approximate surface area is 82.9 Å². The highest BCUT2D eigenvalue weighted by molar-refractivity contribution is 4.71. The van der Waals surface area contributed by atoms with Crippen LogP contribution in [-0.4, -0.2) is 43.8 Å². The van der Waals surface area contributed by atoms with E-state index in [9.17, 15) is 8.78 Å². The second kappa shape index (κ2) is 6.27. The summed E-state index contributed by atoms with van der Waals surface area (Å²) in [6, 6.07) is 0. The molecular formula is C9H18F2N2O. The minimum absolute atomic E-state index is 0.0123. The van der Waals surface area contributed by atoms with Crippen LogP contribution in [0.4, 0.5) is 8.78 Å². The third-order valence-corrected chi connectivity index (χ3v) is 2.54. The maximum Gasteiger partial charge on any atom is 0.265 e. The second-order valence-corrected chi connectivity index (χ2v) is 3.75. The predicted molar refractivity (Wildman–Crippen MR) is 50.5 cm³/mol. The first-order valence-corrected chi connectivity index (χ1v) is 5.08. The smallest absolute Gasteiger partial charge is 0.265 e. The fourth-order valence-electron chi connectivity index (χ4n) is 1.61. The summed E-state index contributed by atoms with van der Waals surface area (Å²) in [5.41, 5.74) is 0. The van der Waals surface area contributed by atoms with Crippen molar-refractivity contribution in [2.75, 3.05) is 26.2 Å². The van der Waals surface area contributed by atoms with E-state index in [1.54, 1.807) is 0 Å². The number of alkyl halides is 2. The predicted octanol–water partition coefficient (Wildman–Crippen LogP) is 0.202. The zero-order valence-electron chi connectivity index (χ0n) is 8.18. The second-order valence-electron chi connectivity index (χ2n) is 3.75. The van der Waals surface area contributed by atoms with E-state index >= 15 is 0 Å². The van der Waals surface area contributed by atoms with Crippen LogP contribution >= 0.6 is 0 Å². The molecule has 0 aliphatic carbocycles. The van der Waals surface area contributed by atoms with E-state index in [4.69, 9.17) is 5.11 Å². The van der Waals surface area contributed by atoms with Gasteiger partial charge in [0.25, 0.3) is 6.43 Å². The number of hydrogen-bond acceptors (Lipinski definition) is 3. The number of aliphatic hydroxyl groups is 1. The van der Waals surface area contributed by atoms with Crippen LogP contribution in [0.2, 0.25) is 0 Å². The zero-order valence-corrected chi connectivity index (χ0v) is 8.18. The zero-order chi connectivity index (χ0) is 10.4. The molecular weight excluding hydrogens is 190 g/mol. The van der Waals surface area contributed by atoms with Gasteiger partial charge in [-0.1, -0.05) is 0 Å². The highest BCUT2D eigenvalue weighted by Gasteiger charge is 2.17. The van der Waals surface area contributed by atoms with Crippen molar-refractivity contribution in [2.45, 2.75) is 25.4 Å². The lowest BCUT2D eigenvalue weighted by molar-refractivity contribution is -0.00373. The molecule has 1 saturated heterocycles. The number of nitrogens with one attached hydrogen (secondary N) is 2. The molecule has 0 aromatic rings. The van der Waals surface area contributed by atoms with Crippen LogP contribution in [0.25, 0.3) is 0 Å². The molecule has 0 aromatic carbocycles. The summed E-state index contributed by atoms with van der Waals surface area (Å²) < 4.78 is 23.8. The molecule has 0 aromatic heterocycles. The average Bonchev–Trinajstić information content (AvgIpc) is 2.19. The largest absolute Gasteiger partial charge is 0.386 e. The van der Waals surface area contributed by atoms with Crippen molar-refractivity contribution >= 4 is 0 Å². The van der Waals surface area contributed by atoms with Crippen molar-refractivity contribution in [3.63, 3.8) is 0 Å². The van der Waals surface area contributed by atoms with Crippen LogP contribution in [0.5, 0.6) is 0 Å². The van der Waals surface area contributed by atoms with Gasteiger partial charge in [0.1, 0.15) is 6.10 Å². The quantitative estimate of drug-likeness (QED) is 0.605. The molecule has 1 aliphatic heterocycles. The number of rotatable bonds is 5. The lowest BCUT2D eigenvalue weighted by Gasteiger charge is -2.23. The summed E-state index contributed by atoms with van der Waals surface area (Å²) in [6.07, 6.45) is -2.01. The van der Waals surface area contributed by atoms with Crippen LogP contribution < -0.4 is 10.6 Å². The summed E-state index contributed by atoms with van der Waals surface area (Å²) in [5.74, 6) is 0.557. The van der Waals surface area contributed by atoms with Gasteiger partial charge < -0.3 is 15.7 Å². The molecule has 5 heteroatoms. The molecule has 1 atom stereocenters. The molecule has 0 radical (unpaired) electrons. The SMILES string of the molecule is OC(CNCC1CCNCC1)C(F)F. The number of piperidine rings is 1. The van der Waals surface area contributed by atoms with Crippen molar-refractivity contribution in [3.05, 3.63) is 0 Å². The van der Waals surface area contributed by atoms with E-state index in [1.807, 2.05) is 0 Å². The Morgan fingerprint density at radius 2 is 2.00 bits per heavy atom. The van der Waals surface area contributed by atoms with Gasteiger partial charge in [0, 0.05) is 6.54 Å². The molecule has 1 unspecified atom stereocenters. The van der Waals surface area contributed by atoms with E-state index in [1.165, 1.54) is 0 Å². The summed E-state index contributed by atoms with van der Waals surface area (Å²) in [6.45, 7) is 2.72. The Morgan fingerprint density at radius 1 is 1.36 bits per heavy atom. The molecule has 0 spiro atoms. The monoisotopic (exact) mass is 208 g/mol. The molecule has 0 amide bonds. The van der Waals surface area contributed by atoms with Crippen LogP contribution in [-0.2, 0) is 0 Å². The number of aliphatic hydroxyl groups excluding tert-OH is 1. The molecule has 1 rings (SSSR count). The Morgan fingerprint density at radius 3 is 2.57 bits per heavy atom. The highest BCUT2D eigenvalue weighted by atomic mass is 19.3. The third kappa shape index (κ3) is 4.30. The molecule has 84 valence electrons. The molecule has 3 nitrogen and oxygen atoms in total. The lowest BCUT2D eigenvalue weighted by Crippen LogP contribution is -2.38. The van der Waals surface area contributed by atoms with Gasteiger partial charge in [0.2, 0.25) is 0 Å². The summed E-state index contributed by atoms with van der Waals surface area (Å²) in [5, 5.41) is 14.9. The van der Waals surface area contributed by atoms with Crippen molar-refractivity contribution in [3.8, 4) is 0 Å². The molecule has 1 fully saturated rings. The standard InChI is InChI=1S/C9H18F2N2O/c10-9(11)8(14)6-13-5-7-1-3-12-4-2-7/h7-9,12-14H,1-6H2. The Kier molecular flexibility index (Phi) is 5.29.